The summed E-state index contributed by atoms with van der Waals surface area (Å²) in [6.07, 6.45) is 0. The number of aromatic carboxylic acids is 1. The van der Waals surface area contributed by atoms with E-state index in [2.05, 4.69) is 15.3 Å². The molecule has 1 aromatic heterocycles. The number of carboxylic acids is 1. The second kappa shape index (κ2) is 5.11. The number of aromatic nitrogens is 2. The third-order valence-electron chi connectivity index (χ3n) is 2.31. The van der Waals surface area contributed by atoms with Gasteiger partial charge in [-0.05, 0) is 25.1 Å². The molecule has 0 unspecified atom stereocenters. The van der Waals surface area contributed by atoms with Gasteiger partial charge < -0.3 is 15.5 Å². The van der Waals surface area contributed by atoms with Gasteiger partial charge in [0.1, 0.15) is 22.5 Å². The average Bonchev–Trinajstić information content (AvgIpc) is 2.30. The molecular weight excluding hydrogens is 270 g/mol. The van der Waals surface area contributed by atoms with Crippen molar-refractivity contribution < 1.29 is 15.0 Å². The van der Waals surface area contributed by atoms with Gasteiger partial charge in [0.15, 0.2) is 0 Å². The zero-order chi connectivity index (χ0) is 14.0. The number of benzene rings is 1. The predicted octanol–water partition coefficient (Wildman–Crippen LogP) is 2.59. The highest BCUT2D eigenvalue weighted by molar-refractivity contribution is 6.29. The van der Waals surface area contributed by atoms with Gasteiger partial charge in [-0.1, -0.05) is 11.6 Å². The Morgan fingerprint density at radius 3 is 2.63 bits per heavy atom. The standard InChI is InChI=1S/C12H10ClN3O3/c1-6-14-10(13)5-11(15-6)16-8-3-2-7(12(18)19)4-9(8)17/h2-5,17H,1H3,(H,18,19)(H,14,15,16). The number of nitrogens with one attached hydrogen (secondary N) is 1. The number of halogens is 1. The second-order valence-electron chi connectivity index (χ2n) is 3.79. The molecule has 0 saturated heterocycles. The minimum absolute atomic E-state index is 0.0000458. The van der Waals surface area contributed by atoms with Crippen LogP contribution in [0.3, 0.4) is 0 Å². The Hall–Kier alpha value is -2.34. The number of hydrogen-bond donors (Lipinski definition) is 3. The Balaban J connectivity index is 2.30. The fourth-order valence-electron chi connectivity index (χ4n) is 1.50. The van der Waals surface area contributed by atoms with Gasteiger partial charge in [-0.3, -0.25) is 0 Å². The molecule has 0 bridgehead atoms. The lowest BCUT2D eigenvalue weighted by Crippen LogP contribution is -2.00. The summed E-state index contributed by atoms with van der Waals surface area (Å²) in [4.78, 5) is 18.7. The molecular formula is C12H10ClN3O3. The molecule has 0 radical (unpaired) electrons. The molecule has 3 N–H and O–H groups in total. The number of rotatable bonds is 3. The van der Waals surface area contributed by atoms with Gasteiger partial charge >= 0.3 is 5.97 Å². The SMILES string of the molecule is Cc1nc(Cl)cc(Nc2ccc(C(=O)O)cc2O)n1. The molecule has 2 aromatic rings. The number of nitrogens with zero attached hydrogens (tertiary/aromatic N) is 2. The first-order valence-electron chi connectivity index (χ1n) is 5.30. The maximum absolute atomic E-state index is 10.7. The first-order chi connectivity index (χ1) is 8.95. The molecule has 0 aliphatic heterocycles. The van der Waals surface area contributed by atoms with Crippen LogP contribution in [0.4, 0.5) is 11.5 Å². The van der Waals surface area contributed by atoms with E-state index in [1.807, 2.05) is 0 Å². The van der Waals surface area contributed by atoms with E-state index in [1.165, 1.54) is 18.2 Å². The molecule has 98 valence electrons. The molecule has 0 saturated carbocycles. The molecule has 0 amide bonds. The van der Waals surface area contributed by atoms with Crippen LogP contribution in [-0.4, -0.2) is 26.2 Å². The van der Waals surface area contributed by atoms with Crippen molar-refractivity contribution in [3.05, 3.63) is 40.8 Å². The number of hydrogen-bond acceptors (Lipinski definition) is 5. The number of anilines is 2. The van der Waals surface area contributed by atoms with Crippen LogP contribution < -0.4 is 5.32 Å². The van der Waals surface area contributed by atoms with Gasteiger partial charge in [0.05, 0.1) is 11.3 Å². The van der Waals surface area contributed by atoms with Crippen molar-refractivity contribution in [2.24, 2.45) is 0 Å². The third kappa shape index (κ3) is 3.11. The largest absolute Gasteiger partial charge is 0.506 e. The van der Waals surface area contributed by atoms with Crippen molar-refractivity contribution in [1.29, 1.82) is 0 Å². The topological polar surface area (TPSA) is 95.3 Å². The summed E-state index contributed by atoms with van der Waals surface area (Å²) in [5.74, 6) is -0.400. The zero-order valence-electron chi connectivity index (χ0n) is 9.88. The lowest BCUT2D eigenvalue weighted by Gasteiger charge is -2.09. The van der Waals surface area contributed by atoms with Crippen molar-refractivity contribution in [3.63, 3.8) is 0 Å². The summed E-state index contributed by atoms with van der Waals surface area (Å²) in [6.45, 7) is 1.68. The van der Waals surface area contributed by atoms with Crippen LogP contribution in [0.1, 0.15) is 16.2 Å². The molecule has 1 heterocycles. The molecule has 6 nitrogen and oxygen atoms in total. The van der Waals surface area contributed by atoms with Crippen LogP contribution in [-0.2, 0) is 0 Å². The Morgan fingerprint density at radius 1 is 1.32 bits per heavy atom. The Kier molecular flexibility index (Phi) is 3.52. The monoisotopic (exact) mass is 279 g/mol. The molecule has 0 spiro atoms. The highest BCUT2D eigenvalue weighted by atomic mass is 35.5. The summed E-state index contributed by atoms with van der Waals surface area (Å²) < 4.78 is 0. The van der Waals surface area contributed by atoms with Crippen LogP contribution in [0, 0.1) is 6.92 Å². The smallest absolute Gasteiger partial charge is 0.335 e. The van der Waals surface area contributed by atoms with Gasteiger partial charge in [0.2, 0.25) is 0 Å². The first-order valence-corrected chi connectivity index (χ1v) is 5.68. The third-order valence-corrected chi connectivity index (χ3v) is 2.51. The quantitative estimate of drug-likeness (QED) is 0.590. The lowest BCUT2D eigenvalue weighted by molar-refractivity contribution is 0.0696. The fourth-order valence-corrected chi connectivity index (χ4v) is 1.73. The lowest BCUT2D eigenvalue weighted by atomic mass is 10.2. The van der Waals surface area contributed by atoms with E-state index in [0.29, 0.717) is 17.3 Å². The normalized spacial score (nSPS) is 10.2. The maximum atomic E-state index is 10.7. The summed E-state index contributed by atoms with van der Waals surface area (Å²) in [5, 5.41) is 21.6. The number of carbonyl (C=O) groups is 1. The molecule has 0 aliphatic rings. The summed E-state index contributed by atoms with van der Waals surface area (Å²) in [7, 11) is 0. The van der Waals surface area contributed by atoms with Crippen molar-refractivity contribution in [1.82, 2.24) is 9.97 Å². The number of carboxylic acid groups (broad SMARTS) is 1. The van der Waals surface area contributed by atoms with Crippen molar-refractivity contribution in [2.45, 2.75) is 6.92 Å². The maximum Gasteiger partial charge on any atom is 0.335 e. The highest BCUT2D eigenvalue weighted by Gasteiger charge is 2.09. The predicted molar refractivity (Wildman–Crippen MR) is 70.1 cm³/mol. The van der Waals surface area contributed by atoms with Crippen molar-refractivity contribution in [3.8, 4) is 5.75 Å². The average molecular weight is 280 g/mol. The van der Waals surface area contributed by atoms with Crippen LogP contribution in [0.15, 0.2) is 24.3 Å². The summed E-state index contributed by atoms with van der Waals surface area (Å²) in [6, 6.07) is 5.48. The molecule has 0 fully saturated rings. The van der Waals surface area contributed by atoms with E-state index in [4.69, 9.17) is 16.7 Å². The van der Waals surface area contributed by atoms with Crippen LogP contribution in [0.25, 0.3) is 0 Å². The molecule has 0 atom stereocenters. The van der Waals surface area contributed by atoms with Crippen LogP contribution >= 0.6 is 11.6 Å². The number of aromatic hydroxyl groups is 1. The second-order valence-corrected chi connectivity index (χ2v) is 4.17. The minimum atomic E-state index is -1.11. The van der Waals surface area contributed by atoms with Crippen LogP contribution in [0.2, 0.25) is 5.15 Å². The van der Waals surface area contributed by atoms with E-state index in [9.17, 15) is 9.90 Å². The highest BCUT2D eigenvalue weighted by Crippen LogP contribution is 2.27. The molecule has 19 heavy (non-hydrogen) atoms. The van der Waals surface area contributed by atoms with Gasteiger partial charge in [0.25, 0.3) is 0 Å². The van der Waals surface area contributed by atoms with Gasteiger partial charge in [0, 0.05) is 6.07 Å². The molecule has 0 aliphatic carbocycles. The minimum Gasteiger partial charge on any atom is -0.506 e. The number of phenols is 1. The Morgan fingerprint density at radius 2 is 2.05 bits per heavy atom. The number of aryl methyl sites for hydroxylation is 1. The van der Waals surface area contributed by atoms with Crippen LogP contribution in [0.5, 0.6) is 5.75 Å². The number of phenolic OH excluding ortho intramolecular Hbond substituents is 1. The summed E-state index contributed by atoms with van der Waals surface area (Å²) >= 11 is 5.79. The zero-order valence-corrected chi connectivity index (χ0v) is 10.6. The van der Waals surface area contributed by atoms with E-state index in [1.54, 1.807) is 6.92 Å². The Bertz CT molecular complexity index is 626. The Labute approximate surface area is 113 Å². The first kappa shape index (κ1) is 13.1. The van der Waals surface area contributed by atoms with Crippen molar-refractivity contribution >= 4 is 29.1 Å². The van der Waals surface area contributed by atoms with Crippen molar-refractivity contribution in [2.75, 3.05) is 5.32 Å². The van der Waals surface area contributed by atoms with E-state index >= 15 is 0 Å². The van der Waals surface area contributed by atoms with Gasteiger partial charge in [-0.2, -0.15) is 0 Å². The molecule has 1 aromatic carbocycles. The van der Waals surface area contributed by atoms with E-state index in [-0.39, 0.29) is 16.5 Å². The molecule has 2 rings (SSSR count). The molecule has 7 heteroatoms. The fraction of sp³-hybridized carbons (Fsp3) is 0.0833. The van der Waals surface area contributed by atoms with Gasteiger partial charge in [-0.15, -0.1) is 0 Å². The van der Waals surface area contributed by atoms with E-state index < -0.39 is 5.97 Å². The summed E-state index contributed by atoms with van der Waals surface area (Å²) in [5.41, 5.74) is 0.333. The van der Waals surface area contributed by atoms with E-state index in [0.717, 1.165) is 6.07 Å². The van der Waals surface area contributed by atoms with Gasteiger partial charge in [-0.25, -0.2) is 14.8 Å².